The van der Waals surface area contributed by atoms with Gasteiger partial charge in [-0.25, -0.2) is 4.90 Å². The molecule has 2 heterocycles. The third kappa shape index (κ3) is 3.80. The summed E-state index contributed by atoms with van der Waals surface area (Å²) in [6.07, 6.45) is 3.47. The number of benzene rings is 2. The van der Waals surface area contributed by atoms with Gasteiger partial charge < -0.3 is 4.74 Å². The highest BCUT2D eigenvalue weighted by atomic mass is 16.5. The number of imide groups is 1. The summed E-state index contributed by atoms with van der Waals surface area (Å²) in [7, 11) is 1.58. The van der Waals surface area contributed by atoms with Crippen molar-refractivity contribution in [2.24, 2.45) is 5.92 Å². The minimum Gasteiger partial charge on any atom is -0.497 e. The molecule has 2 aliphatic rings. The van der Waals surface area contributed by atoms with Gasteiger partial charge in [0.1, 0.15) is 5.75 Å². The van der Waals surface area contributed by atoms with Gasteiger partial charge in [0.05, 0.1) is 25.3 Å². The average molecular weight is 378 g/mol. The fraction of sp³-hybridized carbons (Fsp3) is 0.391. The Morgan fingerprint density at radius 2 is 1.75 bits per heavy atom. The standard InChI is InChI=1S/C23H26N2O3/c1-28-20-9-5-8-19(15-20)25-22(26)16-21(23(25)27)24-12-10-18(11-13-24)14-17-6-3-2-4-7-17/h2-9,15,18,21H,10-14,16H2,1H3/t21-/m1/s1. The van der Waals surface area contributed by atoms with Crippen LogP contribution in [0.1, 0.15) is 24.8 Å². The molecule has 0 aliphatic carbocycles. The van der Waals surface area contributed by atoms with Crippen molar-refractivity contribution in [3.63, 3.8) is 0 Å². The molecule has 0 N–H and O–H groups in total. The predicted molar refractivity (Wildman–Crippen MR) is 108 cm³/mol. The molecule has 0 aromatic heterocycles. The molecule has 2 amide bonds. The second kappa shape index (κ2) is 8.15. The first-order valence-corrected chi connectivity index (χ1v) is 9.94. The fourth-order valence-corrected chi connectivity index (χ4v) is 4.34. The van der Waals surface area contributed by atoms with Gasteiger partial charge in [-0.1, -0.05) is 36.4 Å². The van der Waals surface area contributed by atoms with Crippen molar-refractivity contribution in [1.29, 1.82) is 0 Å². The van der Waals surface area contributed by atoms with Crippen LogP contribution in [0.2, 0.25) is 0 Å². The minimum absolute atomic E-state index is 0.111. The van der Waals surface area contributed by atoms with E-state index in [0.29, 0.717) is 17.4 Å². The van der Waals surface area contributed by atoms with E-state index < -0.39 is 0 Å². The van der Waals surface area contributed by atoms with Crippen LogP contribution in [0.4, 0.5) is 5.69 Å². The first kappa shape index (κ1) is 18.7. The highest BCUT2D eigenvalue weighted by molar-refractivity contribution is 6.22. The molecule has 0 spiro atoms. The lowest BCUT2D eigenvalue weighted by Crippen LogP contribution is -2.46. The van der Waals surface area contributed by atoms with Crippen LogP contribution in [0.25, 0.3) is 0 Å². The Balaban J connectivity index is 1.39. The first-order chi connectivity index (χ1) is 13.7. The van der Waals surface area contributed by atoms with Crippen LogP contribution in [0.3, 0.4) is 0 Å². The molecule has 28 heavy (non-hydrogen) atoms. The summed E-state index contributed by atoms with van der Waals surface area (Å²) in [6.45, 7) is 1.74. The molecular weight excluding hydrogens is 352 g/mol. The number of piperidine rings is 1. The number of nitrogens with zero attached hydrogens (tertiary/aromatic N) is 2. The molecule has 2 aromatic rings. The van der Waals surface area contributed by atoms with Gasteiger partial charge in [-0.3, -0.25) is 14.5 Å². The van der Waals surface area contributed by atoms with Crippen molar-refractivity contribution in [1.82, 2.24) is 4.90 Å². The van der Waals surface area contributed by atoms with Crippen LogP contribution in [0.15, 0.2) is 54.6 Å². The maximum Gasteiger partial charge on any atom is 0.251 e. The third-order valence-corrected chi connectivity index (χ3v) is 5.89. The lowest BCUT2D eigenvalue weighted by Gasteiger charge is -2.34. The molecule has 0 bridgehead atoms. The lowest BCUT2D eigenvalue weighted by molar-refractivity contribution is -0.123. The molecule has 2 saturated heterocycles. The van der Waals surface area contributed by atoms with Crippen LogP contribution in [-0.4, -0.2) is 43.0 Å². The Kier molecular flexibility index (Phi) is 5.44. The van der Waals surface area contributed by atoms with Crippen LogP contribution >= 0.6 is 0 Å². The maximum absolute atomic E-state index is 13.0. The maximum atomic E-state index is 13.0. The number of hydrogen-bond acceptors (Lipinski definition) is 4. The summed E-state index contributed by atoms with van der Waals surface area (Å²) in [5.41, 5.74) is 1.97. The van der Waals surface area contributed by atoms with Gasteiger partial charge in [-0.2, -0.15) is 0 Å². The molecule has 1 atom stereocenters. The summed E-state index contributed by atoms with van der Waals surface area (Å²) in [5.74, 6) is 1.04. The van der Waals surface area contributed by atoms with Crippen molar-refractivity contribution >= 4 is 17.5 Å². The number of carbonyl (C=O) groups is 2. The van der Waals surface area contributed by atoms with Crippen molar-refractivity contribution in [3.8, 4) is 5.75 Å². The Labute approximate surface area is 165 Å². The second-order valence-corrected chi connectivity index (χ2v) is 7.66. The molecular formula is C23H26N2O3. The van der Waals surface area contributed by atoms with Gasteiger partial charge in [0.15, 0.2) is 0 Å². The highest BCUT2D eigenvalue weighted by Gasteiger charge is 2.43. The molecule has 2 aromatic carbocycles. The third-order valence-electron chi connectivity index (χ3n) is 5.89. The molecule has 0 radical (unpaired) electrons. The fourth-order valence-electron chi connectivity index (χ4n) is 4.34. The van der Waals surface area contributed by atoms with E-state index in [1.54, 1.807) is 25.3 Å². The number of carbonyl (C=O) groups excluding carboxylic acids is 2. The average Bonchev–Trinajstić information content (AvgIpc) is 3.03. The van der Waals surface area contributed by atoms with Crippen molar-refractivity contribution < 1.29 is 14.3 Å². The first-order valence-electron chi connectivity index (χ1n) is 9.94. The monoisotopic (exact) mass is 378 g/mol. The lowest BCUT2D eigenvalue weighted by atomic mass is 9.89. The zero-order valence-corrected chi connectivity index (χ0v) is 16.2. The Hall–Kier alpha value is -2.66. The summed E-state index contributed by atoms with van der Waals surface area (Å²) in [4.78, 5) is 29.1. The topological polar surface area (TPSA) is 49.9 Å². The molecule has 0 saturated carbocycles. The van der Waals surface area contributed by atoms with E-state index in [-0.39, 0.29) is 24.3 Å². The zero-order valence-electron chi connectivity index (χ0n) is 16.2. The minimum atomic E-state index is -0.337. The number of likely N-dealkylation sites (tertiary alicyclic amines) is 1. The van der Waals surface area contributed by atoms with E-state index in [9.17, 15) is 9.59 Å². The molecule has 2 aliphatic heterocycles. The quantitative estimate of drug-likeness (QED) is 0.750. The van der Waals surface area contributed by atoms with Crippen LogP contribution in [0.5, 0.6) is 5.75 Å². The number of anilines is 1. The number of methoxy groups -OCH3 is 1. The van der Waals surface area contributed by atoms with E-state index in [2.05, 4.69) is 29.2 Å². The molecule has 146 valence electrons. The van der Waals surface area contributed by atoms with Crippen LogP contribution < -0.4 is 9.64 Å². The molecule has 2 fully saturated rings. The van der Waals surface area contributed by atoms with Crippen LogP contribution in [0, 0.1) is 5.92 Å². The van der Waals surface area contributed by atoms with E-state index >= 15 is 0 Å². The normalized spacial score (nSPS) is 21.3. The van der Waals surface area contributed by atoms with Crippen molar-refractivity contribution in [2.75, 3.05) is 25.1 Å². The molecule has 5 heteroatoms. The summed E-state index contributed by atoms with van der Waals surface area (Å²) in [6, 6.07) is 17.4. The summed E-state index contributed by atoms with van der Waals surface area (Å²) >= 11 is 0. The summed E-state index contributed by atoms with van der Waals surface area (Å²) < 4.78 is 5.23. The SMILES string of the molecule is COc1cccc(N2C(=O)C[C@@H](N3CCC(Cc4ccccc4)CC3)C2=O)c1. The smallest absolute Gasteiger partial charge is 0.251 e. The van der Waals surface area contributed by atoms with Gasteiger partial charge in [0, 0.05) is 6.07 Å². The summed E-state index contributed by atoms with van der Waals surface area (Å²) in [5, 5.41) is 0. The van der Waals surface area contributed by atoms with Gasteiger partial charge in [-0.15, -0.1) is 0 Å². The number of ether oxygens (including phenoxy) is 1. The van der Waals surface area contributed by atoms with Gasteiger partial charge in [0.2, 0.25) is 5.91 Å². The highest BCUT2D eigenvalue weighted by Crippen LogP contribution is 2.31. The van der Waals surface area contributed by atoms with E-state index in [0.717, 1.165) is 32.4 Å². The Bertz CT molecular complexity index is 844. The largest absolute Gasteiger partial charge is 0.497 e. The van der Waals surface area contributed by atoms with Gasteiger partial charge in [-0.05, 0) is 56.0 Å². The number of amides is 2. The van der Waals surface area contributed by atoms with E-state index in [1.807, 2.05) is 12.1 Å². The van der Waals surface area contributed by atoms with Gasteiger partial charge >= 0.3 is 0 Å². The van der Waals surface area contributed by atoms with Crippen molar-refractivity contribution in [3.05, 3.63) is 60.2 Å². The molecule has 4 rings (SSSR count). The Morgan fingerprint density at radius 3 is 2.46 bits per heavy atom. The van der Waals surface area contributed by atoms with Crippen molar-refractivity contribution in [2.45, 2.75) is 31.7 Å². The Morgan fingerprint density at radius 1 is 1.00 bits per heavy atom. The number of hydrogen-bond donors (Lipinski definition) is 0. The predicted octanol–water partition coefficient (Wildman–Crippen LogP) is 3.28. The molecule has 5 nitrogen and oxygen atoms in total. The van der Waals surface area contributed by atoms with Gasteiger partial charge in [0.25, 0.3) is 5.91 Å². The number of rotatable bonds is 5. The van der Waals surface area contributed by atoms with E-state index in [4.69, 9.17) is 4.74 Å². The van der Waals surface area contributed by atoms with Crippen LogP contribution in [-0.2, 0) is 16.0 Å². The zero-order chi connectivity index (χ0) is 19.5. The van der Waals surface area contributed by atoms with E-state index in [1.165, 1.54) is 10.5 Å². The second-order valence-electron chi connectivity index (χ2n) is 7.66. The molecule has 0 unspecified atom stereocenters.